The second-order valence-corrected chi connectivity index (χ2v) is 7.47. The summed E-state index contributed by atoms with van der Waals surface area (Å²) in [6.07, 6.45) is 28.5. The van der Waals surface area contributed by atoms with E-state index in [1.165, 1.54) is 128 Å². The van der Waals surface area contributed by atoms with Gasteiger partial charge in [0.05, 0.1) is 0 Å². The molecule has 0 aromatic heterocycles. The van der Waals surface area contributed by atoms with Crippen molar-refractivity contribution in [2.24, 2.45) is 5.73 Å². The molecule has 0 saturated carbocycles. The molecule has 0 radical (unpaired) electrons. The fourth-order valence-electron chi connectivity index (χ4n) is 3.38. The lowest BCUT2D eigenvalue weighted by atomic mass is 10.0. The minimum absolute atomic E-state index is 0.860. The summed E-state index contributed by atoms with van der Waals surface area (Å²) in [6, 6.07) is 0. The molecule has 0 amide bonds. The number of rotatable bonds is 21. The van der Waals surface area contributed by atoms with Crippen LogP contribution in [0.4, 0.5) is 0 Å². The van der Waals surface area contributed by atoms with Crippen LogP contribution >= 0.6 is 0 Å². The van der Waals surface area contributed by atoms with Crippen molar-refractivity contribution < 1.29 is 1.41 Å². The molecular formula is C22H47N. The van der Waals surface area contributed by atoms with E-state index in [-0.39, 0.29) is 0 Å². The van der Waals surface area contributed by atoms with Gasteiger partial charge < -0.3 is 5.73 Å². The summed E-state index contributed by atoms with van der Waals surface area (Å²) in [5.74, 6) is 0. The Labute approximate surface area is 149 Å². The van der Waals surface area contributed by atoms with Crippen LogP contribution in [0.15, 0.2) is 0 Å². The third kappa shape index (κ3) is 22.0. The third-order valence-electron chi connectivity index (χ3n) is 5.03. The molecule has 0 aromatic rings. The first-order valence-electron chi connectivity index (χ1n) is 11.6. The molecule has 0 bridgehead atoms. The van der Waals surface area contributed by atoms with Gasteiger partial charge in [0.15, 0.2) is 0 Å². The average molecular weight is 327 g/mol. The fourth-order valence-corrected chi connectivity index (χ4v) is 3.38. The second kappa shape index (κ2) is 22.0. The van der Waals surface area contributed by atoms with Crippen molar-refractivity contribution in [3.63, 3.8) is 0 Å². The van der Waals surface area contributed by atoms with Crippen LogP contribution in [0.2, 0.25) is 1.41 Å². The van der Waals surface area contributed by atoms with Crippen LogP contribution in [0.5, 0.6) is 0 Å². The highest BCUT2D eigenvalue weighted by molar-refractivity contribution is 4.50. The molecule has 0 aliphatic rings. The predicted molar refractivity (Wildman–Crippen MR) is 107 cm³/mol. The summed E-state index contributed by atoms with van der Waals surface area (Å²) in [7, 11) is 0. The first-order valence-corrected chi connectivity index (χ1v) is 11.1. The van der Waals surface area contributed by atoms with Gasteiger partial charge in [-0.05, 0) is 13.0 Å². The summed E-state index contributed by atoms with van der Waals surface area (Å²) >= 11 is 0. The summed E-state index contributed by atoms with van der Waals surface area (Å²) in [5, 5.41) is 0. The van der Waals surface area contributed by atoms with Crippen molar-refractivity contribution in [2.75, 3.05) is 6.54 Å². The largest absolute Gasteiger partial charge is 0.330 e. The van der Waals surface area contributed by atoms with Gasteiger partial charge in [0.25, 0.3) is 0 Å². The van der Waals surface area contributed by atoms with Crippen molar-refractivity contribution in [3.05, 3.63) is 0 Å². The first-order chi connectivity index (χ1) is 11.9. The molecule has 140 valence electrons. The monoisotopic (exact) mass is 326 g/mol. The Hall–Kier alpha value is -0.0400. The summed E-state index contributed by atoms with van der Waals surface area (Å²) in [4.78, 5) is 0. The molecule has 0 rings (SSSR count). The van der Waals surface area contributed by atoms with Crippen molar-refractivity contribution in [2.45, 2.75) is 135 Å². The maximum Gasteiger partial charge on any atom is 0.118 e. The lowest BCUT2D eigenvalue weighted by Crippen LogP contribution is -1.97. The number of hydrogen-bond acceptors (Lipinski definition) is 1. The Balaban J connectivity index is 2.93. The van der Waals surface area contributed by atoms with Crippen molar-refractivity contribution in [1.29, 1.82) is 0 Å². The molecule has 0 aliphatic heterocycles. The Morgan fingerprint density at radius 1 is 0.435 bits per heavy atom. The van der Waals surface area contributed by atoms with E-state index in [1.807, 2.05) is 0 Å². The van der Waals surface area contributed by atoms with E-state index in [4.69, 9.17) is 1.41 Å². The fraction of sp³-hybridized carbons (Fsp3) is 1.00. The van der Waals surface area contributed by atoms with Crippen LogP contribution in [-0.2, 0) is 0 Å². The molecule has 0 atom stereocenters. The van der Waals surface area contributed by atoms with Gasteiger partial charge in [0, 0.05) is 0 Å². The Morgan fingerprint density at radius 2 is 0.696 bits per heavy atom. The van der Waals surface area contributed by atoms with Crippen molar-refractivity contribution >= 4 is 0 Å². The minimum atomic E-state index is 0.860. The van der Waals surface area contributed by atoms with Crippen LogP contribution in [0.25, 0.3) is 0 Å². The zero-order valence-corrected chi connectivity index (χ0v) is 16.3. The van der Waals surface area contributed by atoms with Crippen LogP contribution in [-0.4, -0.2) is 6.54 Å². The van der Waals surface area contributed by atoms with Crippen LogP contribution in [0.1, 0.15) is 135 Å². The number of hydrogen-bond donors (Lipinski definition) is 1. The van der Waals surface area contributed by atoms with Crippen LogP contribution < -0.4 is 5.73 Å². The minimum Gasteiger partial charge on any atom is -0.330 e. The quantitative estimate of drug-likeness (QED) is 0.214. The van der Waals surface area contributed by atoms with E-state index in [1.54, 1.807) is 0 Å². The zero-order valence-electron chi connectivity index (χ0n) is 17.3. The van der Waals surface area contributed by atoms with Crippen LogP contribution in [0, 0.1) is 0 Å². The lowest BCUT2D eigenvalue weighted by molar-refractivity contribution is 0.522. The molecule has 2 N–H and O–H groups in total. The summed E-state index contributed by atoms with van der Waals surface area (Å²) in [5.41, 5.74) is 2.48. The lowest BCUT2D eigenvalue weighted by Gasteiger charge is -2.04. The molecule has 1 nitrogen and oxygen atoms in total. The van der Waals surface area contributed by atoms with Crippen LogP contribution in [0.3, 0.4) is 0 Å². The molecule has 23 heavy (non-hydrogen) atoms. The zero-order chi connectivity index (χ0) is 17.6. The van der Waals surface area contributed by atoms with Gasteiger partial charge in [-0.3, -0.25) is 0 Å². The van der Waals surface area contributed by atoms with E-state index in [9.17, 15) is 0 Å². The van der Waals surface area contributed by atoms with Gasteiger partial charge in [0.1, 0.15) is 1.41 Å². The maximum atomic E-state index is 6.86. The molecular weight excluding hydrogens is 278 g/mol. The maximum absolute atomic E-state index is 6.86. The first kappa shape index (κ1) is 21.0. The highest BCUT2D eigenvalue weighted by atomic mass is 14.5. The van der Waals surface area contributed by atoms with Crippen molar-refractivity contribution in [3.8, 4) is 0 Å². The Bertz CT molecular complexity index is 186. The van der Waals surface area contributed by atoms with Gasteiger partial charge in [-0.1, -0.05) is 129 Å². The molecule has 0 unspecified atom stereocenters. The van der Waals surface area contributed by atoms with E-state index in [0.717, 1.165) is 6.54 Å². The molecule has 0 spiro atoms. The molecule has 0 fully saturated rings. The second-order valence-electron chi connectivity index (χ2n) is 7.47. The number of nitrogens with two attached hydrogens (primary N) is 1. The summed E-state index contributed by atoms with van der Waals surface area (Å²) < 4.78 is 6.86. The van der Waals surface area contributed by atoms with Gasteiger partial charge in [-0.15, -0.1) is 0 Å². The van der Waals surface area contributed by atoms with E-state index in [0.29, 0.717) is 0 Å². The topological polar surface area (TPSA) is 26.0 Å². The average Bonchev–Trinajstić information content (AvgIpc) is 2.60. The molecule has 0 aromatic carbocycles. The normalized spacial score (nSPS) is 11.8. The molecule has 0 heterocycles. The van der Waals surface area contributed by atoms with Gasteiger partial charge in [-0.25, -0.2) is 0 Å². The van der Waals surface area contributed by atoms with E-state index >= 15 is 0 Å². The smallest absolute Gasteiger partial charge is 0.118 e. The standard InChI is InChI=1S/C22H47N/c1-2-3-4-5-6-7-8-9-10-11-12-13-14-15-16-17-18-19-20-21-22-23/h2-23H2,1H3/i/hD. The molecule has 0 saturated heterocycles. The highest BCUT2D eigenvalue weighted by Crippen LogP contribution is 2.14. The van der Waals surface area contributed by atoms with Gasteiger partial charge >= 0.3 is 0 Å². The van der Waals surface area contributed by atoms with Crippen molar-refractivity contribution in [1.82, 2.24) is 0 Å². The molecule has 1 heteroatoms. The SMILES string of the molecule is [2H]NCCCCCCCCCCCCCCCCCCCCCC. The van der Waals surface area contributed by atoms with Gasteiger partial charge in [0.2, 0.25) is 0 Å². The Kier molecular flexibility index (Phi) is 20.1. The van der Waals surface area contributed by atoms with Gasteiger partial charge in [-0.2, -0.15) is 0 Å². The third-order valence-corrected chi connectivity index (χ3v) is 5.03. The number of unbranched alkanes of at least 4 members (excludes halogenated alkanes) is 19. The van der Waals surface area contributed by atoms with E-state index < -0.39 is 0 Å². The predicted octanol–water partition coefficient (Wildman–Crippen LogP) is 7.77. The highest BCUT2D eigenvalue weighted by Gasteiger charge is 1.95. The van der Waals surface area contributed by atoms with E-state index in [2.05, 4.69) is 12.7 Å². The Morgan fingerprint density at radius 3 is 0.957 bits per heavy atom. The molecule has 0 aliphatic carbocycles. The summed E-state index contributed by atoms with van der Waals surface area (Å²) in [6.45, 7) is 3.15.